The molecule has 1 aromatic rings. The number of methoxy groups -OCH3 is 1. The van der Waals surface area contributed by atoms with Gasteiger partial charge >= 0.3 is 0 Å². The van der Waals surface area contributed by atoms with Gasteiger partial charge in [-0.2, -0.15) is 9.65 Å². The Morgan fingerprint density at radius 1 is 1.75 bits per heavy atom. The van der Waals surface area contributed by atoms with Crippen LogP contribution in [0.1, 0.15) is 5.56 Å². The Balaban J connectivity index is 3.04. The molecule has 0 spiro atoms. The van der Waals surface area contributed by atoms with Crippen LogP contribution in [-0.2, 0) is 6.42 Å². The number of ether oxygens (including phenoxy) is 1. The number of nitriles is 1. The largest absolute Gasteiger partial charge is 0.496 e. The lowest BCUT2D eigenvalue weighted by Gasteiger charge is -2.03. The maximum atomic E-state index is 12.5. The van der Waals surface area contributed by atoms with Gasteiger partial charge in [0, 0.05) is 17.8 Å². The van der Waals surface area contributed by atoms with Crippen LogP contribution < -0.4 is 4.74 Å². The minimum Gasteiger partial charge on any atom is -0.496 e. The molecule has 0 aromatic carbocycles. The van der Waals surface area contributed by atoms with Crippen LogP contribution in [0.5, 0.6) is 5.75 Å². The summed E-state index contributed by atoms with van der Waals surface area (Å²) in [5, 5.41) is 8.38. The van der Waals surface area contributed by atoms with E-state index < -0.39 is 5.95 Å². The lowest BCUT2D eigenvalue weighted by molar-refractivity contribution is 0.404. The summed E-state index contributed by atoms with van der Waals surface area (Å²) in [5.74, 6) is -0.238. The molecule has 0 N–H and O–H groups in total. The van der Waals surface area contributed by atoms with E-state index in [1.807, 2.05) is 6.07 Å². The molecule has 4 heteroatoms. The molecule has 62 valence electrons. The second-order valence-electron chi connectivity index (χ2n) is 2.15. The standard InChI is InChI=1S/C8H7FN2O/c1-12-7-4-8(9)11-5-6(7)2-3-10/h4-5H,2H2,1H3. The van der Waals surface area contributed by atoms with E-state index in [1.54, 1.807) is 0 Å². The zero-order chi connectivity index (χ0) is 8.97. The minimum atomic E-state index is -0.603. The first-order chi connectivity index (χ1) is 5.77. The molecule has 0 fully saturated rings. The molecule has 1 aromatic heterocycles. The van der Waals surface area contributed by atoms with Crippen LogP contribution in [0.15, 0.2) is 12.3 Å². The quantitative estimate of drug-likeness (QED) is 0.622. The van der Waals surface area contributed by atoms with Gasteiger partial charge in [0.2, 0.25) is 5.95 Å². The molecule has 0 saturated carbocycles. The normalized spacial score (nSPS) is 9.08. The van der Waals surface area contributed by atoms with Gasteiger partial charge in [0.25, 0.3) is 0 Å². The number of hydrogen-bond acceptors (Lipinski definition) is 3. The Morgan fingerprint density at radius 2 is 2.50 bits per heavy atom. The van der Waals surface area contributed by atoms with Crippen LogP contribution in [0.3, 0.4) is 0 Å². The van der Waals surface area contributed by atoms with Crippen molar-refractivity contribution in [2.45, 2.75) is 6.42 Å². The highest BCUT2D eigenvalue weighted by Gasteiger charge is 2.04. The Kier molecular flexibility index (Phi) is 2.59. The number of halogens is 1. The molecule has 12 heavy (non-hydrogen) atoms. The average molecular weight is 166 g/mol. The van der Waals surface area contributed by atoms with Crippen molar-refractivity contribution in [3.8, 4) is 11.8 Å². The number of aromatic nitrogens is 1. The van der Waals surface area contributed by atoms with E-state index in [1.165, 1.54) is 13.3 Å². The summed E-state index contributed by atoms with van der Waals surface area (Å²) in [6.45, 7) is 0. The van der Waals surface area contributed by atoms with Crippen molar-refractivity contribution in [1.82, 2.24) is 4.98 Å². The Labute approximate surface area is 69.4 Å². The van der Waals surface area contributed by atoms with Crippen LogP contribution in [0.2, 0.25) is 0 Å². The summed E-state index contributed by atoms with van der Waals surface area (Å²) in [5.41, 5.74) is 0.599. The topological polar surface area (TPSA) is 45.9 Å². The van der Waals surface area contributed by atoms with Crippen molar-refractivity contribution in [2.24, 2.45) is 0 Å². The minimum absolute atomic E-state index is 0.177. The summed E-state index contributed by atoms with van der Waals surface area (Å²) in [4.78, 5) is 3.41. The van der Waals surface area contributed by atoms with E-state index in [0.717, 1.165) is 6.07 Å². The fraction of sp³-hybridized carbons (Fsp3) is 0.250. The Bertz CT molecular complexity index is 319. The molecule has 0 atom stereocenters. The van der Waals surface area contributed by atoms with Gasteiger partial charge in [-0.15, -0.1) is 0 Å². The lowest BCUT2D eigenvalue weighted by Crippen LogP contribution is -1.94. The van der Waals surface area contributed by atoms with Crippen LogP contribution in [-0.4, -0.2) is 12.1 Å². The van der Waals surface area contributed by atoms with E-state index in [2.05, 4.69) is 4.98 Å². The van der Waals surface area contributed by atoms with Crippen LogP contribution in [0.25, 0.3) is 0 Å². The molecular weight excluding hydrogens is 159 g/mol. The molecule has 3 nitrogen and oxygen atoms in total. The van der Waals surface area contributed by atoms with Gasteiger partial charge in [-0.25, -0.2) is 4.98 Å². The molecule has 0 aliphatic carbocycles. The molecule has 0 radical (unpaired) electrons. The summed E-state index contributed by atoms with van der Waals surface area (Å²) < 4.78 is 17.3. The van der Waals surface area contributed by atoms with E-state index >= 15 is 0 Å². The average Bonchev–Trinajstić information content (AvgIpc) is 2.08. The Hall–Kier alpha value is -1.63. The van der Waals surface area contributed by atoms with Crippen molar-refractivity contribution in [2.75, 3.05) is 7.11 Å². The molecule has 0 saturated heterocycles. The van der Waals surface area contributed by atoms with Crippen molar-refractivity contribution in [3.05, 3.63) is 23.8 Å². The number of rotatable bonds is 2. The number of hydrogen-bond donors (Lipinski definition) is 0. The third-order valence-electron chi connectivity index (χ3n) is 1.40. The first-order valence-electron chi connectivity index (χ1n) is 3.33. The maximum Gasteiger partial charge on any atom is 0.216 e. The van der Waals surface area contributed by atoms with E-state index in [-0.39, 0.29) is 6.42 Å². The van der Waals surface area contributed by atoms with Gasteiger partial charge in [0.1, 0.15) is 5.75 Å². The summed E-state index contributed by atoms with van der Waals surface area (Å²) in [7, 11) is 1.43. The van der Waals surface area contributed by atoms with Crippen LogP contribution in [0, 0.1) is 17.3 Å². The van der Waals surface area contributed by atoms with Crippen molar-refractivity contribution < 1.29 is 9.13 Å². The monoisotopic (exact) mass is 166 g/mol. The van der Waals surface area contributed by atoms with Crippen molar-refractivity contribution in [1.29, 1.82) is 5.26 Å². The SMILES string of the molecule is COc1cc(F)ncc1CC#N. The molecule has 0 aliphatic heterocycles. The highest BCUT2D eigenvalue weighted by Crippen LogP contribution is 2.17. The van der Waals surface area contributed by atoms with E-state index in [4.69, 9.17) is 10.00 Å². The predicted octanol–water partition coefficient (Wildman–Crippen LogP) is 1.30. The number of pyridine rings is 1. The lowest BCUT2D eigenvalue weighted by atomic mass is 10.2. The van der Waals surface area contributed by atoms with Gasteiger partial charge < -0.3 is 4.74 Å². The molecule has 0 unspecified atom stereocenters. The van der Waals surface area contributed by atoms with Crippen molar-refractivity contribution in [3.63, 3.8) is 0 Å². The molecule has 0 aliphatic rings. The van der Waals surface area contributed by atoms with E-state index in [9.17, 15) is 4.39 Å². The highest BCUT2D eigenvalue weighted by atomic mass is 19.1. The second kappa shape index (κ2) is 3.67. The van der Waals surface area contributed by atoms with Crippen molar-refractivity contribution >= 4 is 0 Å². The van der Waals surface area contributed by atoms with Gasteiger partial charge in [0.15, 0.2) is 0 Å². The Morgan fingerprint density at radius 3 is 3.08 bits per heavy atom. The third-order valence-corrected chi connectivity index (χ3v) is 1.40. The fourth-order valence-electron chi connectivity index (χ4n) is 0.849. The summed E-state index contributed by atoms with van der Waals surface area (Å²) in [6, 6.07) is 3.10. The van der Waals surface area contributed by atoms with Crippen LogP contribution in [0.4, 0.5) is 4.39 Å². The van der Waals surface area contributed by atoms with Crippen LogP contribution >= 0.6 is 0 Å². The van der Waals surface area contributed by atoms with Gasteiger partial charge in [-0.3, -0.25) is 0 Å². The second-order valence-corrected chi connectivity index (χ2v) is 2.15. The smallest absolute Gasteiger partial charge is 0.216 e. The maximum absolute atomic E-state index is 12.5. The molecule has 1 rings (SSSR count). The highest BCUT2D eigenvalue weighted by molar-refractivity contribution is 5.32. The summed E-state index contributed by atoms with van der Waals surface area (Å²) >= 11 is 0. The first-order valence-corrected chi connectivity index (χ1v) is 3.33. The van der Waals surface area contributed by atoms with Gasteiger partial charge in [0.05, 0.1) is 19.6 Å². The summed E-state index contributed by atoms with van der Waals surface area (Å²) in [6.07, 6.45) is 1.48. The predicted molar refractivity (Wildman–Crippen MR) is 40.1 cm³/mol. The van der Waals surface area contributed by atoms with E-state index in [0.29, 0.717) is 11.3 Å². The molecular formula is C8H7FN2O. The molecule has 0 amide bonds. The zero-order valence-corrected chi connectivity index (χ0v) is 6.54. The third kappa shape index (κ3) is 1.70. The molecule has 0 bridgehead atoms. The fourth-order valence-corrected chi connectivity index (χ4v) is 0.849. The van der Waals surface area contributed by atoms with Gasteiger partial charge in [-0.1, -0.05) is 0 Å². The first kappa shape index (κ1) is 8.47. The zero-order valence-electron chi connectivity index (χ0n) is 6.54. The molecule has 1 heterocycles. The number of nitrogens with zero attached hydrogens (tertiary/aromatic N) is 2. The van der Waals surface area contributed by atoms with Gasteiger partial charge in [-0.05, 0) is 0 Å².